The number of hydrogen-bond acceptors (Lipinski definition) is 2. The van der Waals surface area contributed by atoms with Crippen LogP contribution in [0.3, 0.4) is 0 Å². The van der Waals surface area contributed by atoms with E-state index in [2.05, 4.69) is 38.9 Å². The Labute approximate surface area is 134 Å². The topological polar surface area (TPSA) is 43.8 Å². The summed E-state index contributed by atoms with van der Waals surface area (Å²) in [4.78, 5) is 0. The first-order valence-corrected chi connectivity index (χ1v) is 8.57. The Bertz CT molecular complexity index is 587. The van der Waals surface area contributed by atoms with E-state index in [9.17, 15) is 0 Å². The lowest BCUT2D eigenvalue weighted by molar-refractivity contribution is 0.328. The van der Waals surface area contributed by atoms with Crippen molar-refractivity contribution in [2.45, 2.75) is 50.6 Å². The molecule has 4 heteroatoms. The quantitative estimate of drug-likeness (QED) is 0.890. The van der Waals surface area contributed by atoms with E-state index in [1.165, 1.54) is 32.1 Å². The molecule has 1 unspecified atom stereocenters. The van der Waals surface area contributed by atoms with E-state index in [-0.39, 0.29) is 6.04 Å². The van der Waals surface area contributed by atoms with Crippen LogP contribution in [-0.2, 0) is 6.42 Å². The van der Waals surface area contributed by atoms with Gasteiger partial charge < -0.3 is 5.73 Å². The number of benzene rings is 1. The summed E-state index contributed by atoms with van der Waals surface area (Å²) in [6.45, 7) is 0. The van der Waals surface area contributed by atoms with E-state index in [0.29, 0.717) is 6.04 Å². The predicted molar refractivity (Wildman–Crippen MR) is 89.1 cm³/mol. The second-order valence-electron chi connectivity index (χ2n) is 5.91. The number of aromatic nitrogens is 2. The van der Waals surface area contributed by atoms with Crippen LogP contribution in [0, 0.1) is 0 Å². The van der Waals surface area contributed by atoms with Crippen molar-refractivity contribution in [1.82, 2.24) is 9.78 Å². The van der Waals surface area contributed by atoms with Crippen molar-refractivity contribution in [3.63, 3.8) is 0 Å². The van der Waals surface area contributed by atoms with Crippen molar-refractivity contribution in [3.8, 4) is 0 Å². The fourth-order valence-electron chi connectivity index (χ4n) is 3.15. The zero-order valence-corrected chi connectivity index (χ0v) is 13.8. The molecule has 0 aliphatic heterocycles. The van der Waals surface area contributed by atoms with Gasteiger partial charge in [0, 0.05) is 23.1 Å². The van der Waals surface area contributed by atoms with Gasteiger partial charge in [0.1, 0.15) is 0 Å². The van der Waals surface area contributed by atoms with Crippen LogP contribution in [0.1, 0.15) is 55.4 Å². The molecule has 0 bridgehead atoms. The van der Waals surface area contributed by atoms with Crippen molar-refractivity contribution in [3.05, 3.63) is 52.3 Å². The van der Waals surface area contributed by atoms with Gasteiger partial charge in [-0.2, -0.15) is 5.10 Å². The first-order chi connectivity index (χ1) is 10.2. The van der Waals surface area contributed by atoms with Gasteiger partial charge in [-0.3, -0.25) is 4.68 Å². The molecule has 0 amide bonds. The zero-order chi connectivity index (χ0) is 14.7. The highest BCUT2D eigenvalue weighted by Gasteiger charge is 2.17. The van der Waals surface area contributed by atoms with Crippen molar-refractivity contribution in [1.29, 1.82) is 0 Å². The zero-order valence-electron chi connectivity index (χ0n) is 12.2. The summed E-state index contributed by atoms with van der Waals surface area (Å²) in [7, 11) is 0. The third-order valence-corrected chi connectivity index (χ3v) is 5.07. The van der Waals surface area contributed by atoms with Gasteiger partial charge in [-0.15, -0.1) is 0 Å². The van der Waals surface area contributed by atoms with Crippen LogP contribution >= 0.6 is 15.9 Å². The first kappa shape index (κ1) is 14.8. The summed E-state index contributed by atoms with van der Waals surface area (Å²) in [5.41, 5.74) is 8.57. The van der Waals surface area contributed by atoms with Crippen molar-refractivity contribution in [2.75, 3.05) is 0 Å². The molecule has 1 aliphatic carbocycles. The molecule has 1 atom stereocenters. The lowest BCUT2D eigenvalue weighted by Crippen LogP contribution is -2.16. The van der Waals surface area contributed by atoms with Crippen LogP contribution in [0.2, 0.25) is 0 Å². The molecule has 0 radical (unpaired) electrons. The van der Waals surface area contributed by atoms with Crippen LogP contribution in [0.25, 0.3) is 0 Å². The fourth-order valence-corrected chi connectivity index (χ4v) is 3.73. The predicted octanol–water partition coefficient (Wildman–Crippen LogP) is 4.39. The summed E-state index contributed by atoms with van der Waals surface area (Å²) in [6.07, 6.45) is 9.46. The largest absolute Gasteiger partial charge is 0.324 e. The standard InChI is InChI=1S/C17H22BrN3/c18-16-9-5-4-8-15(16)17(19)12-13-10-11-21(20-13)14-6-2-1-3-7-14/h4-5,8-11,14,17H,1-3,6-7,12,19H2. The van der Waals surface area contributed by atoms with Crippen LogP contribution in [0.5, 0.6) is 0 Å². The maximum atomic E-state index is 6.34. The molecule has 2 N–H and O–H groups in total. The average molecular weight is 348 g/mol. The summed E-state index contributed by atoms with van der Waals surface area (Å²) >= 11 is 3.57. The molecule has 0 saturated heterocycles. The van der Waals surface area contributed by atoms with Gasteiger partial charge in [-0.25, -0.2) is 0 Å². The van der Waals surface area contributed by atoms with Crippen molar-refractivity contribution < 1.29 is 0 Å². The number of hydrogen-bond donors (Lipinski definition) is 1. The van der Waals surface area contributed by atoms with Crippen LogP contribution in [0.15, 0.2) is 41.0 Å². The molecule has 21 heavy (non-hydrogen) atoms. The molecule has 1 heterocycles. The molecular formula is C17H22BrN3. The Morgan fingerprint density at radius 3 is 2.71 bits per heavy atom. The number of rotatable bonds is 4. The molecular weight excluding hydrogens is 326 g/mol. The number of nitrogens with zero attached hydrogens (tertiary/aromatic N) is 2. The third-order valence-electron chi connectivity index (χ3n) is 4.35. The molecule has 1 aromatic heterocycles. The molecule has 112 valence electrons. The molecule has 2 aromatic rings. The van der Waals surface area contributed by atoms with E-state index in [1.807, 2.05) is 18.2 Å². The van der Waals surface area contributed by atoms with Gasteiger partial charge in [0.2, 0.25) is 0 Å². The van der Waals surface area contributed by atoms with Gasteiger partial charge in [0.15, 0.2) is 0 Å². The Morgan fingerprint density at radius 1 is 1.19 bits per heavy atom. The molecule has 0 spiro atoms. The maximum absolute atomic E-state index is 6.34. The minimum atomic E-state index is -0.0183. The number of halogens is 1. The smallest absolute Gasteiger partial charge is 0.0643 e. The SMILES string of the molecule is NC(Cc1ccn(C2CCCCC2)n1)c1ccccc1Br. The summed E-state index contributed by atoms with van der Waals surface area (Å²) in [6, 6.07) is 10.8. The minimum Gasteiger partial charge on any atom is -0.324 e. The lowest BCUT2D eigenvalue weighted by atomic mass is 9.96. The average Bonchev–Trinajstić information content (AvgIpc) is 2.97. The van der Waals surface area contributed by atoms with Gasteiger partial charge >= 0.3 is 0 Å². The van der Waals surface area contributed by atoms with Crippen molar-refractivity contribution >= 4 is 15.9 Å². The van der Waals surface area contributed by atoms with Crippen LogP contribution in [0.4, 0.5) is 0 Å². The molecule has 1 aromatic carbocycles. The summed E-state index contributed by atoms with van der Waals surface area (Å²) in [5, 5.41) is 4.75. The Balaban J connectivity index is 1.68. The monoisotopic (exact) mass is 347 g/mol. The van der Waals surface area contributed by atoms with E-state index in [4.69, 9.17) is 10.8 Å². The van der Waals surface area contributed by atoms with E-state index in [1.54, 1.807) is 0 Å². The first-order valence-electron chi connectivity index (χ1n) is 7.78. The second-order valence-corrected chi connectivity index (χ2v) is 6.77. The molecule has 1 aliphatic rings. The highest BCUT2D eigenvalue weighted by atomic mass is 79.9. The van der Waals surface area contributed by atoms with Crippen molar-refractivity contribution in [2.24, 2.45) is 5.73 Å². The molecule has 3 nitrogen and oxygen atoms in total. The second kappa shape index (κ2) is 6.75. The number of nitrogens with two attached hydrogens (primary N) is 1. The fraction of sp³-hybridized carbons (Fsp3) is 0.471. The van der Waals surface area contributed by atoms with Gasteiger partial charge in [0.05, 0.1) is 11.7 Å². The molecule has 1 fully saturated rings. The Morgan fingerprint density at radius 2 is 1.95 bits per heavy atom. The van der Waals surface area contributed by atoms with E-state index < -0.39 is 0 Å². The lowest BCUT2D eigenvalue weighted by Gasteiger charge is -2.21. The summed E-state index contributed by atoms with van der Waals surface area (Å²) in [5.74, 6) is 0. The highest BCUT2D eigenvalue weighted by molar-refractivity contribution is 9.10. The Hall–Kier alpha value is -1.13. The van der Waals surface area contributed by atoms with Crippen LogP contribution in [-0.4, -0.2) is 9.78 Å². The van der Waals surface area contributed by atoms with Gasteiger partial charge in [-0.05, 0) is 30.5 Å². The van der Waals surface area contributed by atoms with Crippen LogP contribution < -0.4 is 5.73 Å². The third kappa shape index (κ3) is 3.55. The minimum absolute atomic E-state index is 0.0183. The summed E-state index contributed by atoms with van der Waals surface area (Å²) < 4.78 is 3.23. The van der Waals surface area contributed by atoms with Gasteiger partial charge in [-0.1, -0.05) is 53.4 Å². The Kier molecular flexibility index (Phi) is 4.76. The highest BCUT2D eigenvalue weighted by Crippen LogP contribution is 2.28. The molecule has 1 saturated carbocycles. The molecule has 3 rings (SSSR count). The van der Waals surface area contributed by atoms with Gasteiger partial charge in [0.25, 0.3) is 0 Å². The van der Waals surface area contributed by atoms with E-state index >= 15 is 0 Å². The maximum Gasteiger partial charge on any atom is 0.0643 e. The normalized spacial score (nSPS) is 17.8. The van der Waals surface area contributed by atoms with E-state index in [0.717, 1.165) is 22.2 Å².